The summed E-state index contributed by atoms with van der Waals surface area (Å²) in [6.07, 6.45) is -1.81. The van der Waals surface area contributed by atoms with E-state index in [2.05, 4.69) is 15.8 Å². The van der Waals surface area contributed by atoms with Crippen molar-refractivity contribution in [2.45, 2.75) is 51.5 Å². The molecular formula is C22H22FN5O7. The van der Waals surface area contributed by atoms with Crippen molar-refractivity contribution in [1.82, 2.24) is 15.8 Å². The van der Waals surface area contributed by atoms with Gasteiger partial charge in [0.2, 0.25) is 17.4 Å². The van der Waals surface area contributed by atoms with Crippen LogP contribution in [-0.2, 0) is 25.5 Å². The SMILES string of the molecule is C[C@@H]1CN2c3c(cc4c(N5C(=O)OC[C@H]5C)noc4c3F)CC3(C(=O)NC(=O)NC3=O)[C@@H]2[C@H](C)O1. The molecule has 2 N–H and O–H groups in total. The molecule has 3 fully saturated rings. The number of ether oxygens (including phenoxy) is 2. The summed E-state index contributed by atoms with van der Waals surface area (Å²) in [7, 11) is 0. The fourth-order valence-electron chi connectivity index (χ4n) is 5.92. The van der Waals surface area contributed by atoms with Gasteiger partial charge in [-0.2, -0.15) is 0 Å². The number of anilines is 2. The molecule has 0 bridgehead atoms. The number of morpholine rings is 1. The van der Waals surface area contributed by atoms with E-state index in [-0.39, 0.29) is 54.2 Å². The van der Waals surface area contributed by atoms with Gasteiger partial charge in [0.05, 0.1) is 35.4 Å². The van der Waals surface area contributed by atoms with Gasteiger partial charge < -0.3 is 18.9 Å². The number of carbonyl (C=O) groups excluding carboxylic acids is 4. The first-order valence-electron chi connectivity index (χ1n) is 11.3. The molecule has 3 saturated heterocycles. The number of aromatic nitrogens is 1. The van der Waals surface area contributed by atoms with Crippen LogP contribution in [0.4, 0.5) is 25.5 Å². The van der Waals surface area contributed by atoms with Crippen LogP contribution >= 0.6 is 0 Å². The van der Waals surface area contributed by atoms with Crippen molar-refractivity contribution in [3.63, 3.8) is 0 Å². The average molecular weight is 487 g/mol. The molecule has 0 radical (unpaired) electrons. The Bertz CT molecular complexity index is 1300. The lowest BCUT2D eigenvalue weighted by molar-refractivity contribution is -0.153. The number of nitrogens with zero attached hydrogens (tertiary/aromatic N) is 3. The summed E-state index contributed by atoms with van der Waals surface area (Å²) in [5.41, 5.74) is -1.39. The number of urea groups is 1. The molecule has 5 amide bonds. The Morgan fingerprint density at radius 3 is 2.51 bits per heavy atom. The number of imide groups is 2. The summed E-state index contributed by atoms with van der Waals surface area (Å²) < 4.78 is 32.4. The molecule has 6 rings (SSSR count). The molecule has 0 unspecified atom stereocenters. The molecule has 184 valence electrons. The molecule has 4 atom stereocenters. The smallest absolute Gasteiger partial charge is 0.416 e. The third-order valence-corrected chi connectivity index (χ3v) is 7.26. The van der Waals surface area contributed by atoms with Crippen LogP contribution in [0.15, 0.2) is 10.6 Å². The number of carbonyl (C=O) groups is 4. The highest BCUT2D eigenvalue weighted by atomic mass is 19.1. The second kappa shape index (κ2) is 7.13. The average Bonchev–Trinajstić information content (AvgIpc) is 3.33. The van der Waals surface area contributed by atoms with E-state index in [9.17, 15) is 19.2 Å². The number of halogens is 1. The first-order valence-corrected chi connectivity index (χ1v) is 11.3. The first kappa shape index (κ1) is 21.8. The van der Waals surface area contributed by atoms with Crippen molar-refractivity contribution >= 4 is 46.4 Å². The maximum atomic E-state index is 16.1. The Hall–Kier alpha value is -3.74. The van der Waals surface area contributed by atoms with Crippen molar-refractivity contribution in [2.24, 2.45) is 5.41 Å². The normalized spacial score (nSPS) is 29.7. The molecule has 2 aromatic rings. The van der Waals surface area contributed by atoms with E-state index < -0.39 is 47.3 Å². The van der Waals surface area contributed by atoms with Gasteiger partial charge in [-0.3, -0.25) is 25.1 Å². The summed E-state index contributed by atoms with van der Waals surface area (Å²) >= 11 is 0. The number of barbiturate groups is 1. The van der Waals surface area contributed by atoms with E-state index in [0.717, 1.165) is 0 Å². The molecule has 13 heteroatoms. The Balaban J connectivity index is 1.58. The second-order valence-electron chi connectivity index (χ2n) is 9.51. The van der Waals surface area contributed by atoms with E-state index in [1.807, 2.05) is 6.92 Å². The van der Waals surface area contributed by atoms with Crippen LogP contribution in [0, 0.1) is 11.2 Å². The molecule has 35 heavy (non-hydrogen) atoms. The maximum absolute atomic E-state index is 16.1. The molecule has 1 aromatic heterocycles. The van der Waals surface area contributed by atoms with Crippen LogP contribution < -0.4 is 20.4 Å². The summed E-state index contributed by atoms with van der Waals surface area (Å²) in [4.78, 5) is 53.6. The van der Waals surface area contributed by atoms with Crippen molar-refractivity contribution in [3.05, 3.63) is 17.4 Å². The predicted octanol–water partition coefficient (Wildman–Crippen LogP) is 1.20. The maximum Gasteiger partial charge on any atom is 0.416 e. The lowest BCUT2D eigenvalue weighted by Gasteiger charge is -2.55. The lowest BCUT2D eigenvalue weighted by Crippen LogP contribution is -2.75. The monoisotopic (exact) mass is 487 g/mol. The quantitative estimate of drug-likeness (QED) is 0.567. The number of benzene rings is 1. The van der Waals surface area contributed by atoms with Gasteiger partial charge in [0.1, 0.15) is 6.61 Å². The van der Waals surface area contributed by atoms with Crippen LogP contribution in [0.25, 0.3) is 11.0 Å². The molecule has 1 aromatic carbocycles. The van der Waals surface area contributed by atoms with Gasteiger partial charge in [0, 0.05) is 13.0 Å². The number of fused-ring (bicyclic) bond motifs is 5. The Morgan fingerprint density at radius 1 is 1.14 bits per heavy atom. The molecule has 4 aliphatic heterocycles. The minimum atomic E-state index is -1.75. The third-order valence-electron chi connectivity index (χ3n) is 7.26. The van der Waals surface area contributed by atoms with Crippen LogP contribution in [0.1, 0.15) is 26.3 Å². The molecule has 1 spiro atoms. The van der Waals surface area contributed by atoms with Gasteiger partial charge in [-0.05, 0) is 32.4 Å². The van der Waals surface area contributed by atoms with E-state index in [0.29, 0.717) is 5.56 Å². The largest absolute Gasteiger partial charge is 0.447 e. The van der Waals surface area contributed by atoms with Crippen LogP contribution in [0.3, 0.4) is 0 Å². The fraction of sp³-hybridized carbons (Fsp3) is 0.500. The molecule has 0 saturated carbocycles. The number of rotatable bonds is 1. The van der Waals surface area contributed by atoms with Gasteiger partial charge in [0.15, 0.2) is 17.1 Å². The summed E-state index contributed by atoms with van der Waals surface area (Å²) in [5, 5.41) is 8.55. The zero-order valence-corrected chi connectivity index (χ0v) is 19.1. The molecule has 5 heterocycles. The van der Waals surface area contributed by atoms with Crippen molar-refractivity contribution < 1.29 is 37.6 Å². The van der Waals surface area contributed by atoms with Gasteiger partial charge in [-0.15, -0.1) is 0 Å². The molecular weight excluding hydrogens is 465 g/mol. The Kier molecular flexibility index (Phi) is 4.44. The number of cyclic esters (lactones) is 1. The molecule has 12 nitrogen and oxygen atoms in total. The van der Waals surface area contributed by atoms with Gasteiger partial charge in [-0.1, -0.05) is 5.16 Å². The van der Waals surface area contributed by atoms with Crippen LogP contribution in [-0.4, -0.2) is 66.5 Å². The van der Waals surface area contributed by atoms with Gasteiger partial charge >= 0.3 is 12.1 Å². The van der Waals surface area contributed by atoms with E-state index in [1.54, 1.807) is 24.8 Å². The van der Waals surface area contributed by atoms with E-state index in [1.165, 1.54) is 4.90 Å². The van der Waals surface area contributed by atoms with Crippen LogP contribution in [0.5, 0.6) is 0 Å². The summed E-state index contributed by atoms with van der Waals surface area (Å²) in [6, 6.07) is -0.572. The highest BCUT2D eigenvalue weighted by Crippen LogP contribution is 2.49. The highest BCUT2D eigenvalue weighted by Gasteiger charge is 2.63. The summed E-state index contributed by atoms with van der Waals surface area (Å²) in [6.45, 7) is 5.60. The van der Waals surface area contributed by atoms with E-state index in [4.69, 9.17) is 14.0 Å². The number of hydrogen-bond donors (Lipinski definition) is 2. The lowest BCUT2D eigenvalue weighted by atomic mass is 9.66. The van der Waals surface area contributed by atoms with Crippen molar-refractivity contribution in [3.8, 4) is 0 Å². The van der Waals surface area contributed by atoms with Crippen molar-refractivity contribution in [1.29, 1.82) is 0 Å². The minimum absolute atomic E-state index is 0.0873. The Morgan fingerprint density at radius 2 is 1.86 bits per heavy atom. The minimum Gasteiger partial charge on any atom is -0.447 e. The van der Waals surface area contributed by atoms with Gasteiger partial charge in [0.25, 0.3) is 0 Å². The van der Waals surface area contributed by atoms with Crippen LogP contribution in [0.2, 0.25) is 0 Å². The zero-order chi connectivity index (χ0) is 24.8. The van der Waals surface area contributed by atoms with Gasteiger partial charge in [-0.25, -0.2) is 14.0 Å². The second-order valence-corrected chi connectivity index (χ2v) is 9.51. The number of hydrogen-bond acceptors (Lipinski definition) is 9. The zero-order valence-electron chi connectivity index (χ0n) is 19.1. The topological polar surface area (TPSA) is 143 Å². The standard InChI is InChI=1S/C22H22FN5O7/c1-8-7-33-21(32)28(8)17-12-4-11-5-22(18(29)24-20(31)25-19(22)30)16-10(3)34-9(2)6-27(16)14(11)13(23)15(12)35-26-17/h4,8-10,16H,5-7H2,1-3H3,(H2,24,25,29,30,31)/t8-,9-,10+,16+/m1/s1. The Labute approximate surface area is 197 Å². The predicted molar refractivity (Wildman–Crippen MR) is 116 cm³/mol. The number of nitrogens with one attached hydrogen (secondary N) is 2. The highest BCUT2D eigenvalue weighted by molar-refractivity contribution is 6.20. The first-order chi connectivity index (χ1) is 16.6. The summed E-state index contributed by atoms with van der Waals surface area (Å²) in [5.74, 6) is -2.19. The van der Waals surface area contributed by atoms with E-state index >= 15 is 4.39 Å². The third kappa shape index (κ3) is 2.78. The number of amides is 5. The molecule has 0 aliphatic carbocycles. The van der Waals surface area contributed by atoms with Crippen molar-refractivity contribution in [2.75, 3.05) is 23.0 Å². The molecule has 4 aliphatic rings. The fourth-order valence-corrected chi connectivity index (χ4v) is 5.92.